The van der Waals surface area contributed by atoms with E-state index in [1.54, 1.807) is 0 Å². The van der Waals surface area contributed by atoms with Crippen molar-refractivity contribution >= 4 is 5.91 Å². The Bertz CT molecular complexity index is 223. The van der Waals surface area contributed by atoms with E-state index in [0.717, 1.165) is 19.5 Å². The van der Waals surface area contributed by atoms with Gasteiger partial charge in [0.05, 0.1) is 5.92 Å². The van der Waals surface area contributed by atoms with Gasteiger partial charge in [0.2, 0.25) is 5.91 Å². The molecule has 1 unspecified atom stereocenters. The molecule has 0 fully saturated rings. The van der Waals surface area contributed by atoms with Crippen LogP contribution in [0.4, 0.5) is 0 Å². The van der Waals surface area contributed by atoms with E-state index < -0.39 is 0 Å². The summed E-state index contributed by atoms with van der Waals surface area (Å²) in [5.41, 5.74) is 5.62. The van der Waals surface area contributed by atoms with Crippen LogP contribution in [0.15, 0.2) is 12.2 Å². The van der Waals surface area contributed by atoms with Crippen LogP contribution in [0.2, 0.25) is 0 Å². The Hall–Kier alpha value is -0.830. The van der Waals surface area contributed by atoms with Crippen LogP contribution in [0.1, 0.15) is 20.3 Å². The average Bonchev–Trinajstić information content (AvgIpc) is 2.19. The lowest BCUT2D eigenvalue weighted by atomic mass is 9.94. The molecule has 0 aromatic rings. The number of carbonyl (C=O) groups is 1. The Morgan fingerprint density at radius 1 is 1.50 bits per heavy atom. The van der Waals surface area contributed by atoms with E-state index in [2.05, 4.69) is 26.0 Å². The number of hydrogen-bond donors (Lipinski definition) is 1. The highest BCUT2D eigenvalue weighted by molar-refractivity contribution is 5.79. The van der Waals surface area contributed by atoms with Crippen molar-refractivity contribution in [2.24, 2.45) is 17.6 Å². The molecule has 1 aliphatic heterocycles. The Morgan fingerprint density at radius 3 is 2.64 bits per heavy atom. The molecule has 3 nitrogen and oxygen atoms in total. The summed E-state index contributed by atoms with van der Waals surface area (Å²) in [7, 11) is 0. The SMILES string of the molecule is CC(C)C(CN)C(=O)N1CC=CCC1. The smallest absolute Gasteiger partial charge is 0.227 e. The fraction of sp³-hybridized carbons (Fsp3) is 0.727. The minimum absolute atomic E-state index is 0.0125. The van der Waals surface area contributed by atoms with Crippen LogP contribution in [0.3, 0.4) is 0 Å². The number of rotatable bonds is 3. The molecule has 0 radical (unpaired) electrons. The predicted molar refractivity (Wildman–Crippen MR) is 57.7 cm³/mol. The Morgan fingerprint density at radius 2 is 2.21 bits per heavy atom. The van der Waals surface area contributed by atoms with Gasteiger partial charge in [-0.1, -0.05) is 26.0 Å². The molecule has 2 N–H and O–H groups in total. The van der Waals surface area contributed by atoms with Gasteiger partial charge in [0.1, 0.15) is 0 Å². The van der Waals surface area contributed by atoms with E-state index in [4.69, 9.17) is 5.73 Å². The van der Waals surface area contributed by atoms with Crippen molar-refractivity contribution in [2.75, 3.05) is 19.6 Å². The van der Waals surface area contributed by atoms with Crippen LogP contribution in [0.5, 0.6) is 0 Å². The molecule has 0 aromatic carbocycles. The first-order valence-corrected chi connectivity index (χ1v) is 5.30. The number of carbonyl (C=O) groups excluding carboxylic acids is 1. The van der Waals surface area contributed by atoms with Gasteiger partial charge in [0, 0.05) is 19.6 Å². The molecule has 1 heterocycles. The highest BCUT2D eigenvalue weighted by Crippen LogP contribution is 2.14. The second kappa shape index (κ2) is 5.15. The van der Waals surface area contributed by atoms with Crippen LogP contribution in [-0.2, 0) is 4.79 Å². The maximum Gasteiger partial charge on any atom is 0.227 e. The average molecular weight is 196 g/mol. The first-order chi connectivity index (χ1) is 6.66. The third kappa shape index (κ3) is 2.58. The molecule has 0 aromatic heterocycles. The summed E-state index contributed by atoms with van der Waals surface area (Å²) in [4.78, 5) is 13.9. The van der Waals surface area contributed by atoms with E-state index in [-0.39, 0.29) is 11.8 Å². The zero-order valence-electron chi connectivity index (χ0n) is 9.07. The topological polar surface area (TPSA) is 46.3 Å². The third-order valence-electron chi connectivity index (χ3n) is 2.75. The molecule has 1 rings (SSSR count). The predicted octanol–water partition coefficient (Wildman–Crippen LogP) is 1.01. The summed E-state index contributed by atoms with van der Waals surface area (Å²) in [6.07, 6.45) is 5.15. The van der Waals surface area contributed by atoms with Gasteiger partial charge in [-0.3, -0.25) is 4.79 Å². The summed E-state index contributed by atoms with van der Waals surface area (Å²) in [6.45, 7) is 6.15. The largest absolute Gasteiger partial charge is 0.338 e. The monoisotopic (exact) mass is 196 g/mol. The second-order valence-corrected chi connectivity index (χ2v) is 4.13. The van der Waals surface area contributed by atoms with E-state index >= 15 is 0 Å². The van der Waals surface area contributed by atoms with Crippen molar-refractivity contribution in [3.63, 3.8) is 0 Å². The van der Waals surface area contributed by atoms with Crippen LogP contribution < -0.4 is 5.73 Å². The van der Waals surface area contributed by atoms with Gasteiger partial charge in [0.25, 0.3) is 0 Å². The minimum atomic E-state index is -0.0125. The van der Waals surface area contributed by atoms with Gasteiger partial charge < -0.3 is 10.6 Å². The Kier molecular flexibility index (Phi) is 4.14. The molecule has 0 bridgehead atoms. The molecule has 3 heteroatoms. The first-order valence-electron chi connectivity index (χ1n) is 5.30. The number of hydrogen-bond acceptors (Lipinski definition) is 2. The van der Waals surface area contributed by atoms with Gasteiger partial charge in [-0.05, 0) is 12.3 Å². The van der Waals surface area contributed by atoms with Crippen molar-refractivity contribution in [3.05, 3.63) is 12.2 Å². The van der Waals surface area contributed by atoms with E-state index in [0.29, 0.717) is 12.5 Å². The standard InChI is InChI=1S/C11H20N2O/c1-9(2)10(8-12)11(14)13-6-4-3-5-7-13/h3-4,9-10H,5-8,12H2,1-2H3. The third-order valence-corrected chi connectivity index (χ3v) is 2.75. The van der Waals surface area contributed by atoms with Gasteiger partial charge in [0.15, 0.2) is 0 Å². The summed E-state index contributed by atoms with van der Waals surface area (Å²) in [6, 6.07) is 0. The summed E-state index contributed by atoms with van der Waals surface area (Å²) >= 11 is 0. The normalized spacial score (nSPS) is 18.7. The zero-order valence-corrected chi connectivity index (χ0v) is 9.07. The fourth-order valence-electron chi connectivity index (χ4n) is 1.73. The van der Waals surface area contributed by atoms with Crippen molar-refractivity contribution < 1.29 is 4.79 Å². The number of amides is 1. The van der Waals surface area contributed by atoms with Crippen molar-refractivity contribution in [1.82, 2.24) is 4.90 Å². The summed E-state index contributed by atoms with van der Waals surface area (Å²) in [5.74, 6) is 0.534. The van der Waals surface area contributed by atoms with Gasteiger partial charge in [-0.25, -0.2) is 0 Å². The summed E-state index contributed by atoms with van der Waals surface area (Å²) in [5, 5.41) is 0. The molecule has 80 valence electrons. The van der Waals surface area contributed by atoms with E-state index in [9.17, 15) is 4.79 Å². The maximum absolute atomic E-state index is 12.0. The molecule has 1 amide bonds. The van der Waals surface area contributed by atoms with Crippen molar-refractivity contribution in [2.45, 2.75) is 20.3 Å². The Labute approximate surface area is 86.0 Å². The maximum atomic E-state index is 12.0. The summed E-state index contributed by atoms with van der Waals surface area (Å²) < 4.78 is 0. The molecule has 14 heavy (non-hydrogen) atoms. The molecular weight excluding hydrogens is 176 g/mol. The van der Waals surface area contributed by atoms with Gasteiger partial charge in [-0.15, -0.1) is 0 Å². The van der Waals surface area contributed by atoms with Crippen LogP contribution in [0, 0.1) is 11.8 Å². The zero-order chi connectivity index (χ0) is 10.6. The molecule has 1 atom stereocenters. The molecular formula is C11H20N2O. The lowest BCUT2D eigenvalue weighted by Gasteiger charge is -2.29. The molecule has 1 aliphatic rings. The lowest BCUT2D eigenvalue weighted by molar-refractivity contribution is -0.136. The second-order valence-electron chi connectivity index (χ2n) is 4.13. The van der Waals surface area contributed by atoms with Gasteiger partial charge in [-0.2, -0.15) is 0 Å². The lowest BCUT2D eigenvalue weighted by Crippen LogP contribution is -2.42. The Balaban J connectivity index is 2.57. The molecule has 0 saturated heterocycles. The minimum Gasteiger partial charge on any atom is -0.338 e. The van der Waals surface area contributed by atoms with Crippen LogP contribution >= 0.6 is 0 Å². The molecule has 0 saturated carbocycles. The van der Waals surface area contributed by atoms with Crippen LogP contribution in [0.25, 0.3) is 0 Å². The van der Waals surface area contributed by atoms with E-state index in [1.165, 1.54) is 0 Å². The van der Waals surface area contributed by atoms with Crippen molar-refractivity contribution in [3.8, 4) is 0 Å². The fourth-order valence-corrected chi connectivity index (χ4v) is 1.73. The highest BCUT2D eigenvalue weighted by atomic mass is 16.2. The first kappa shape index (κ1) is 11.2. The van der Waals surface area contributed by atoms with Crippen LogP contribution in [-0.4, -0.2) is 30.4 Å². The molecule has 0 spiro atoms. The quantitative estimate of drug-likeness (QED) is 0.685. The number of nitrogens with two attached hydrogens (primary N) is 1. The molecule has 0 aliphatic carbocycles. The number of nitrogens with zero attached hydrogens (tertiary/aromatic N) is 1. The van der Waals surface area contributed by atoms with E-state index in [1.807, 2.05) is 4.90 Å². The highest BCUT2D eigenvalue weighted by Gasteiger charge is 2.25. The van der Waals surface area contributed by atoms with Crippen molar-refractivity contribution in [1.29, 1.82) is 0 Å². The van der Waals surface area contributed by atoms with Gasteiger partial charge >= 0.3 is 0 Å².